The summed E-state index contributed by atoms with van der Waals surface area (Å²) in [6.45, 7) is 6.77. The van der Waals surface area contributed by atoms with Gasteiger partial charge in [0.2, 0.25) is 0 Å². The van der Waals surface area contributed by atoms with Gasteiger partial charge in [-0.1, -0.05) is 11.6 Å². The van der Waals surface area contributed by atoms with Crippen LogP contribution in [0, 0.1) is 0 Å². The molecule has 0 N–H and O–H groups in total. The van der Waals surface area contributed by atoms with Crippen LogP contribution in [0.2, 0.25) is 5.02 Å². The first kappa shape index (κ1) is 16.5. The zero-order chi connectivity index (χ0) is 16.8. The fourth-order valence-electron chi connectivity index (χ4n) is 2.52. The molecule has 5 nitrogen and oxygen atoms in total. The Morgan fingerprint density at radius 1 is 1.35 bits per heavy atom. The molecule has 1 aliphatic heterocycles. The standard InChI is InChI=1S/C16H17BrClN3O2/c1-16(2,3)23-15(22)21-6-9(7-21)14-10-4-12(18)11(17)5-13(10)19-8-20-14/h4-5,8-9H,6-7H2,1-3H3. The Bertz CT molecular complexity index is 770. The molecule has 2 aromatic rings. The number of benzene rings is 1. The number of fused-ring (bicyclic) bond motifs is 1. The normalized spacial score (nSPS) is 15.6. The average Bonchev–Trinajstić information content (AvgIpc) is 2.37. The van der Waals surface area contributed by atoms with Gasteiger partial charge in [0.25, 0.3) is 0 Å². The van der Waals surface area contributed by atoms with Crippen LogP contribution in [-0.2, 0) is 4.74 Å². The summed E-state index contributed by atoms with van der Waals surface area (Å²) < 4.78 is 6.18. The number of hydrogen-bond acceptors (Lipinski definition) is 4. The van der Waals surface area contributed by atoms with Crippen molar-refractivity contribution in [1.29, 1.82) is 0 Å². The predicted molar refractivity (Wildman–Crippen MR) is 92.8 cm³/mol. The lowest BCUT2D eigenvalue weighted by Gasteiger charge is -2.39. The van der Waals surface area contributed by atoms with Crippen LogP contribution < -0.4 is 0 Å². The maximum Gasteiger partial charge on any atom is 0.410 e. The topological polar surface area (TPSA) is 55.3 Å². The Morgan fingerprint density at radius 2 is 2.04 bits per heavy atom. The second-order valence-electron chi connectivity index (χ2n) is 6.62. The summed E-state index contributed by atoms with van der Waals surface area (Å²) in [6, 6.07) is 3.75. The van der Waals surface area contributed by atoms with E-state index in [4.69, 9.17) is 16.3 Å². The molecule has 0 unspecified atom stereocenters. The van der Waals surface area contributed by atoms with E-state index in [-0.39, 0.29) is 12.0 Å². The highest BCUT2D eigenvalue weighted by molar-refractivity contribution is 9.10. The fourth-order valence-corrected chi connectivity index (χ4v) is 3.02. The minimum absolute atomic E-state index is 0.172. The number of hydrogen-bond donors (Lipinski definition) is 0. The third-order valence-corrected chi connectivity index (χ3v) is 4.83. The van der Waals surface area contributed by atoms with Gasteiger partial charge in [-0.05, 0) is 48.8 Å². The molecule has 0 radical (unpaired) electrons. The van der Waals surface area contributed by atoms with Crippen molar-refractivity contribution in [2.75, 3.05) is 13.1 Å². The van der Waals surface area contributed by atoms with E-state index in [0.29, 0.717) is 18.1 Å². The number of ether oxygens (including phenoxy) is 1. The van der Waals surface area contributed by atoms with Gasteiger partial charge in [-0.2, -0.15) is 0 Å². The Balaban J connectivity index is 1.79. The molecule has 1 saturated heterocycles. The minimum Gasteiger partial charge on any atom is -0.444 e. The Hall–Kier alpha value is -1.40. The lowest BCUT2D eigenvalue weighted by molar-refractivity contribution is 0.00799. The number of rotatable bonds is 1. The van der Waals surface area contributed by atoms with Crippen molar-refractivity contribution >= 4 is 44.5 Å². The summed E-state index contributed by atoms with van der Waals surface area (Å²) in [5.41, 5.74) is 1.27. The van der Waals surface area contributed by atoms with Gasteiger partial charge >= 0.3 is 6.09 Å². The van der Waals surface area contributed by atoms with Crippen molar-refractivity contribution in [3.05, 3.63) is 33.6 Å². The highest BCUT2D eigenvalue weighted by Gasteiger charge is 2.36. The first-order chi connectivity index (χ1) is 10.7. The zero-order valence-electron chi connectivity index (χ0n) is 13.1. The Morgan fingerprint density at radius 3 is 2.70 bits per heavy atom. The molecule has 23 heavy (non-hydrogen) atoms. The van der Waals surface area contributed by atoms with E-state index in [2.05, 4.69) is 25.9 Å². The van der Waals surface area contributed by atoms with Gasteiger partial charge in [-0.3, -0.25) is 0 Å². The maximum atomic E-state index is 12.0. The molecule has 0 bridgehead atoms. The number of likely N-dealkylation sites (tertiary alicyclic amines) is 1. The van der Waals surface area contributed by atoms with E-state index >= 15 is 0 Å². The van der Waals surface area contributed by atoms with E-state index in [1.165, 1.54) is 0 Å². The van der Waals surface area contributed by atoms with Crippen LogP contribution in [0.5, 0.6) is 0 Å². The number of amides is 1. The predicted octanol–water partition coefficient (Wildman–Crippen LogP) is 4.38. The Labute approximate surface area is 148 Å². The molecular formula is C16H17BrClN3O2. The molecule has 1 aromatic heterocycles. The SMILES string of the molecule is CC(C)(C)OC(=O)N1CC(c2ncnc3cc(Br)c(Cl)cc23)C1. The van der Waals surface area contributed by atoms with Crippen LogP contribution in [0.4, 0.5) is 4.79 Å². The third kappa shape index (κ3) is 3.43. The summed E-state index contributed by atoms with van der Waals surface area (Å²) in [5.74, 6) is 0.172. The van der Waals surface area contributed by atoms with Crippen LogP contribution >= 0.6 is 27.5 Å². The molecule has 0 aliphatic carbocycles. The molecule has 0 saturated carbocycles. The lowest BCUT2D eigenvalue weighted by Crippen LogP contribution is -2.50. The molecule has 3 rings (SSSR count). The third-order valence-electron chi connectivity index (χ3n) is 3.63. The molecule has 7 heteroatoms. The monoisotopic (exact) mass is 397 g/mol. The van der Waals surface area contributed by atoms with E-state index in [1.807, 2.05) is 32.9 Å². The summed E-state index contributed by atoms with van der Waals surface area (Å²) in [5, 5.41) is 1.55. The van der Waals surface area contributed by atoms with Crippen molar-refractivity contribution in [3.8, 4) is 0 Å². The number of carbonyl (C=O) groups excluding carboxylic acids is 1. The van der Waals surface area contributed by atoms with Crippen molar-refractivity contribution < 1.29 is 9.53 Å². The molecule has 1 aliphatic rings. The molecule has 1 fully saturated rings. The Kier molecular flexibility index (Phi) is 4.23. The number of nitrogens with zero attached hydrogens (tertiary/aromatic N) is 3. The molecular weight excluding hydrogens is 382 g/mol. The molecule has 122 valence electrons. The van der Waals surface area contributed by atoms with Gasteiger partial charge in [0.1, 0.15) is 11.9 Å². The maximum absolute atomic E-state index is 12.0. The summed E-state index contributed by atoms with van der Waals surface area (Å²) in [4.78, 5) is 22.4. The van der Waals surface area contributed by atoms with Gasteiger partial charge in [-0.15, -0.1) is 0 Å². The van der Waals surface area contributed by atoms with Crippen molar-refractivity contribution in [1.82, 2.24) is 14.9 Å². The number of aromatic nitrogens is 2. The van der Waals surface area contributed by atoms with Gasteiger partial charge < -0.3 is 9.64 Å². The van der Waals surface area contributed by atoms with Crippen molar-refractivity contribution in [3.63, 3.8) is 0 Å². The summed E-state index contributed by atoms with van der Waals surface area (Å²) in [7, 11) is 0. The summed E-state index contributed by atoms with van der Waals surface area (Å²) >= 11 is 9.59. The van der Waals surface area contributed by atoms with Gasteiger partial charge in [0, 0.05) is 28.9 Å². The highest BCUT2D eigenvalue weighted by atomic mass is 79.9. The van der Waals surface area contributed by atoms with Gasteiger partial charge in [0.15, 0.2) is 0 Å². The van der Waals surface area contributed by atoms with Crippen LogP contribution in [0.3, 0.4) is 0 Å². The summed E-state index contributed by atoms with van der Waals surface area (Å²) in [6.07, 6.45) is 1.27. The van der Waals surface area contributed by atoms with Crippen molar-refractivity contribution in [2.24, 2.45) is 0 Å². The second-order valence-corrected chi connectivity index (χ2v) is 7.89. The fraction of sp³-hybridized carbons (Fsp3) is 0.438. The molecule has 0 atom stereocenters. The van der Waals surface area contributed by atoms with Gasteiger partial charge in [0.05, 0.1) is 16.2 Å². The van der Waals surface area contributed by atoms with E-state index in [9.17, 15) is 4.79 Å². The van der Waals surface area contributed by atoms with Crippen LogP contribution in [0.15, 0.2) is 22.9 Å². The van der Waals surface area contributed by atoms with E-state index in [1.54, 1.807) is 11.2 Å². The molecule has 2 heterocycles. The first-order valence-corrected chi connectivity index (χ1v) is 8.49. The smallest absolute Gasteiger partial charge is 0.410 e. The van der Waals surface area contributed by atoms with E-state index < -0.39 is 5.60 Å². The lowest BCUT2D eigenvalue weighted by atomic mass is 9.93. The molecule has 1 amide bonds. The van der Waals surface area contributed by atoms with Crippen molar-refractivity contribution in [2.45, 2.75) is 32.3 Å². The largest absolute Gasteiger partial charge is 0.444 e. The molecule has 0 spiro atoms. The van der Waals surface area contributed by atoms with Crippen LogP contribution in [-0.4, -0.2) is 39.7 Å². The second kappa shape index (κ2) is 5.91. The first-order valence-electron chi connectivity index (χ1n) is 7.32. The van der Waals surface area contributed by atoms with Crippen LogP contribution in [0.1, 0.15) is 32.4 Å². The zero-order valence-corrected chi connectivity index (χ0v) is 15.5. The van der Waals surface area contributed by atoms with E-state index in [0.717, 1.165) is 21.1 Å². The van der Waals surface area contributed by atoms with Gasteiger partial charge in [-0.25, -0.2) is 14.8 Å². The van der Waals surface area contributed by atoms with Crippen LogP contribution in [0.25, 0.3) is 10.9 Å². The minimum atomic E-state index is -0.483. The highest BCUT2D eigenvalue weighted by Crippen LogP contribution is 2.34. The molecule has 1 aromatic carbocycles. The number of halogens is 2. The number of carbonyl (C=O) groups is 1. The average molecular weight is 399 g/mol. The quantitative estimate of drug-likeness (QED) is 0.715.